The van der Waals surface area contributed by atoms with Crippen LogP contribution in [-0.4, -0.2) is 47.0 Å². The van der Waals surface area contributed by atoms with Crippen molar-refractivity contribution in [3.05, 3.63) is 46.5 Å². The van der Waals surface area contributed by atoms with Crippen LogP contribution in [0, 0.1) is 10.1 Å². The lowest BCUT2D eigenvalue weighted by atomic mass is 10.1. The molecule has 0 bridgehead atoms. The predicted molar refractivity (Wildman–Crippen MR) is 99.6 cm³/mol. The van der Waals surface area contributed by atoms with E-state index in [1.54, 1.807) is 6.07 Å². The summed E-state index contributed by atoms with van der Waals surface area (Å²) in [5, 5.41) is 14.4. The number of rotatable bonds is 6. The smallest absolute Gasteiger partial charge is 0.292 e. The number of hydrogen-bond donors (Lipinski definition) is 3. The van der Waals surface area contributed by atoms with E-state index in [-0.39, 0.29) is 11.4 Å². The molecule has 3 rings (SSSR count). The molecule has 0 amide bonds. The van der Waals surface area contributed by atoms with Crippen molar-refractivity contribution in [2.45, 2.75) is 0 Å². The second-order valence-electron chi connectivity index (χ2n) is 6.08. The van der Waals surface area contributed by atoms with Gasteiger partial charge in [0.15, 0.2) is 0 Å². The fraction of sp³-hybridized carbons (Fsp3) is 0.235. The van der Waals surface area contributed by atoms with E-state index < -0.39 is 4.92 Å². The Bertz CT molecular complexity index is 919. The highest BCUT2D eigenvalue weighted by molar-refractivity contribution is 5.83. The second-order valence-corrected chi connectivity index (χ2v) is 6.08. The van der Waals surface area contributed by atoms with E-state index in [1.165, 1.54) is 12.1 Å². The molecule has 0 aliphatic heterocycles. The number of nitrogen functional groups attached to an aromatic ring is 1. The number of nitrogens with two attached hydrogens (primary N) is 1. The molecule has 2 aromatic carbocycles. The van der Waals surface area contributed by atoms with Gasteiger partial charge in [0.25, 0.3) is 5.69 Å². The van der Waals surface area contributed by atoms with E-state index in [1.807, 2.05) is 32.3 Å². The summed E-state index contributed by atoms with van der Waals surface area (Å²) in [6.45, 7) is 1.77. The Kier molecular flexibility index (Phi) is 4.53. The van der Waals surface area contributed by atoms with Crippen molar-refractivity contribution in [3.8, 4) is 11.4 Å². The van der Waals surface area contributed by atoms with Gasteiger partial charge >= 0.3 is 0 Å². The third kappa shape index (κ3) is 3.69. The Balaban J connectivity index is 1.88. The van der Waals surface area contributed by atoms with E-state index in [4.69, 9.17) is 5.73 Å². The Hall–Kier alpha value is -3.13. The molecule has 3 aromatic rings. The lowest BCUT2D eigenvalue weighted by molar-refractivity contribution is -0.383. The van der Waals surface area contributed by atoms with Crippen molar-refractivity contribution in [1.29, 1.82) is 0 Å². The Morgan fingerprint density at radius 2 is 2.08 bits per heavy atom. The lowest BCUT2D eigenvalue weighted by Crippen LogP contribution is -2.20. The zero-order valence-electron chi connectivity index (χ0n) is 14.1. The summed E-state index contributed by atoms with van der Waals surface area (Å²) in [5.41, 5.74) is 8.94. The minimum absolute atomic E-state index is 0.121. The Labute approximate surface area is 144 Å². The summed E-state index contributed by atoms with van der Waals surface area (Å²) in [6.07, 6.45) is 0. The minimum atomic E-state index is -0.492. The normalized spacial score (nSPS) is 11.2. The summed E-state index contributed by atoms with van der Waals surface area (Å²) in [7, 11) is 4.05. The van der Waals surface area contributed by atoms with Crippen LogP contribution >= 0.6 is 0 Å². The largest absolute Gasteiger partial charge is 0.393 e. The standard InChI is InChI=1S/C17H20N6O2/c1-22(2)8-7-19-12-4-6-14-15(10-12)21-17(20-14)11-3-5-13(18)16(9-11)23(24)25/h3-6,9-10,19H,7-8,18H2,1-2H3,(H,20,21). The first-order valence-corrected chi connectivity index (χ1v) is 7.86. The topological polar surface area (TPSA) is 113 Å². The van der Waals surface area contributed by atoms with Crippen molar-refractivity contribution in [2.75, 3.05) is 38.2 Å². The van der Waals surface area contributed by atoms with Crippen LogP contribution in [0.2, 0.25) is 0 Å². The molecular weight excluding hydrogens is 320 g/mol. The first-order valence-electron chi connectivity index (χ1n) is 7.86. The van der Waals surface area contributed by atoms with Gasteiger partial charge in [-0.05, 0) is 44.4 Å². The van der Waals surface area contributed by atoms with Gasteiger partial charge in [0.05, 0.1) is 16.0 Å². The highest BCUT2D eigenvalue weighted by Gasteiger charge is 2.14. The summed E-state index contributed by atoms with van der Waals surface area (Å²) in [6, 6.07) is 10.5. The van der Waals surface area contributed by atoms with Gasteiger partial charge < -0.3 is 20.9 Å². The average molecular weight is 340 g/mol. The molecule has 130 valence electrons. The maximum atomic E-state index is 11.1. The lowest BCUT2D eigenvalue weighted by Gasteiger charge is -2.11. The third-order valence-electron chi connectivity index (χ3n) is 3.87. The molecule has 4 N–H and O–H groups in total. The first-order chi connectivity index (χ1) is 11.9. The van der Waals surface area contributed by atoms with Crippen molar-refractivity contribution >= 4 is 28.1 Å². The summed E-state index contributed by atoms with van der Waals surface area (Å²) in [5.74, 6) is 0.573. The second kappa shape index (κ2) is 6.78. The number of likely N-dealkylation sites (N-methyl/N-ethyl adjacent to an activating group) is 1. The van der Waals surface area contributed by atoms with Crippen molar-refractivity contribution in [3.63, 3.8) is 0 Å². The van der Waals surface area contributed by atoms with Gasteiger partial charge in [-0.1, -0.05) is 0 Å². The van der Waals surface area contributed by atoms with E-state index >= 15 is 0 Å². The number of nitrogens with zero attached hydrogens (tertiary/aromatic N) is 3. The molecule has 0 radical (unpaired) electrons. The quantitative estimate of drug-likeness (QED) is 0.361. The summed E-state index contributed by atoms with van der Waals surface area (Å²) in [4.78, 5) is 20.4. The molecule has 0 saturated carbocycles. The molecule has 1 aromatic heterocycles. The van der Waals surface area contributed by atoms with Crippen molar-refractivity contribution < 1.29 is 4.92 Å². The van der Waals surface area contributed by atoms with Gasteiger partial charge in [0, 0.05) is 30.4 Å². The van der Waals surface area contributed by atoms with E-state index in [0.717, 1.165) is 29.8 Å². The zero-order valence-corrected chi connectivity index (χ0v) is 14.1. The van der Waals surface area contributed by atoms with Crippen LogP contribution in [0.1, 0.15) is 0 Å². The van der Waals surface area contributed by atoms with E-state index in [2.05, 4.69) is 20.2 Å². The average Bonchev–Trinajstić information content (AvgIpc) is 2.98. The highest BCUT2D eigenvalue weighted by Crippen LogP contribution is 2.29. The number of anilines is 2. The number of hydrogen-bond acceptors (Lipinski definition) is 6. The predicted octanol–water partition coefficient (Wildman–Crippen LogP) is 2.69. The fourth-order valence-corrected chi connectivity index (χ4v) is 2.53. The molecule has 1 heterocycles. The molecule has 0 saturated heterocycles. The highest BCUT2D eigenvalue weighted by atomic mass is 16.6. The molecule has 8 nitrogen and oxygen atoms in total. The molecule has 0 unspecified atom stereocenters. The third-order valence-corrected chi connectivity index (χ3v) is 3.87. The molecule has 0 spiro atoms. The van der Waals surface area contributed by atoms with Gasteiger partial charge in [0.1, 0.15) is 11.5 Å². The monoisotopic (exact) mass is 340 g/mol. The maximum Gasteiger partial charge on any atom is 0.292 e. The zero-order chi connectivity index (χ0) is 18.0. The van der Waals surface area contributed by atoms with Gasteiger partial charge in [-0.15, -0.1) is 0 Å². The molecule has 25 heavy (non-hydrogen) atoms. The van der Waals surface area contributed by atoms with Gasteiger partial charge in [0.2, 0.25) is 0 Å². The van der Waals surface area contributed by atoms with Crippen LogP contribution < -0.4 is 11.1 Å². The van der Waals surface area contributed by atoms with E-state index in [0.29, 0.717) is 11.4 Å². The first kappa shape index (κ1) is 16.7. The number of aromatic nitrogens is 2. The summed E-state index contributed by atoms with van der Waals surface area (Å²) < 4.78 is 0. The van der Waals surface area contributed by atoms with Crippen LogP contribution in [0.25, 0.3) is 22.4 Å². The molecule has 0 fully saturated rings. The SMILES string of the molecule is CN(C)CCNc1ccc2nc(-c3ccc(N)c([N+](=O)[O-])c3)[nH]c2c1. The van der Waals surface area contributed by atoms with Crippen molar-refractivity contribution in [2.24, 2.45) is 0 Å². The number of nitro groups is 1. The molecule has 8 heteroatoms. The molecule has 0 aliphatic carbocycles. The molecule has 0 atom stereocenters. The number of fused-ring (bicyclic) bond motifs is 1. The van der Waals surface area contributed by atoms with Gasteiger partial charge in [-0.2, -0.15) is 0 Å². The fourth-order valence-electron chi connectivity index (χ4n) is 2.53. The minimum Gasteiger partial charge on any atom is -0.393 e. The molecular formula is C17H20N6O2. The summed E-state index contributed by atoms with van der Waals surface area (Å²) >= 11 is 0. The number of benzene rings is 2. The van der Waals surface area contributed by atoms with Crippen LogP contribution in [0.15, 0.2) is 36.4 Å². The van der Waals surface area contributed by atoms with Crippen LogP contribution in [0.5, 0.6) is 0 Å². The van der Waals surface area contributed by atoms with E-state index in [9.17, 15) is 10.1 Å². The van der Waals surface area contributed by atoms with Crippen LogP contribution in [-0.2, 0) is 0 Å². The van der Waals surface area contributed by atoms with Crippen molar-refractivity contribution in [1.82, 2.24) is 14.9 Å². The number of nitro benzene ring substituents is 1. The number of H-pyrrole nitrogens is 1. The van der Waals surface area contributed by atoms with Gasteiger partial charge in [-0.25, -0.2) is 4.98 Å². The van der Waals surface area contributed by atoms with Crippen LogP contribution in [0.4, 0.5) is 17.1 Å². The number of aromatic amines is 1. The Morgan fingerprint density at radius 1 is 1.28 bits per heavy atom. The van der Waals surface area contributed by atoms with Gasteiger partial charge in [-0.3, -0.25) is 10.1 Å². The Morgan fingerprint density at radius 3 is 2.80 bits per heavy atom. The maximum absolute atomic E-state index is 11.1. The number of nitrogens with one attached hydrogen (secondary N) is 2. The number of imidazole rings is 1. The molecule has 0 aliphatic rings. The van der Waals surface area contributed by atoms with Crippen LogP contribution in [0.3, 0.4) is 0 Å².